The highest BCUT2D eigenvalue weighted by molar-refractivity contribution is 5.97. The third-order valence-corrected chi connectivity index (χ3v) is 3.66. The first-order valence-corrected chi connectivity index (χ1v) is 6.46. The van der Waals surface area contributed by atoms with Gasteiger partial charge in [-0.2, -0.15) is 4.98 Å². The molecule has 1 aromatic rings. The first-order chi connectivity index (χ1) is 9.06. The molecule has 102 valence electrons. The van der Waals surface area contributed by atoms with E-state index in [1.54, 1.807) is 13.8 Å². The topological polar surface area (TPSA) is 88.3 Å². The predicted molar refractivity (Wildman–Crippen MR) is 63.7 cm³/mol. The van der Waals surface area contributed by atoms with Crippen LogP contribution in [-0.4, -0.2) is 38.9 Å². The maximum absolute atomic E-state index is 12.4. The highest BCUT2D eigenvalue weighted by atomic mass is 16.5. The van der Waals surface area contributed by atoms with Crippen LogP contribution in [0, 0.1) is 12.8 Å². The Kier molecular flexibility index (Phi) is 2.76. The lowest BCUT2D eigenvalue weighted by Gasteiger charge is -2.36. The number of carbonyl (C=O) groups is 2. The van der Waals surface area contributed by atoms with Crippen molar-refractivity contribution in [3.63, 3.8) is 0 Å². The summed E-state index contributed by atoms with van der Waals surface area (Å²) in [5, 5.41) is 6.50. The van der Waals surface area contributed by atoms with Crippen molar-refractivity contribution in [2.75, 3.05) is 0 Å². The van der Waals surface area contributed by atoms with Crippen LogP contribution < -0.4 is 5.32 Å². The molecule has 1 saturated carbocycles. The van der Waals surface area contributed by atoms with Gasteiger partial charge in [-0.25, -0.2) is 0 Å². The van der Waals surface area contributed by atoms with E-state index in [9.17, 15) is 9.59 Å². The lowest BCUT2D eigenvalue weighted by molar-refractivity contribution is -0.150. The average Bonchev–Trinajstić information content (AvgIpc) is 3.13. The quantitative estimate of drug-likeness (QED) is 0.830. The van der Waals surface area contributed by atoms with Crippen molar-refractivity contribution in [3.05, 3.63) is 11.7 Å². The molecule has 1 N–H and O–H groups in total. The van der Waals surface area contributed by atoms with Crippen LogP contribution in [0.25, 0.3) is 0 Å². The van der Waals surface area contributed by atoms with Crippen molar-refractivity contribution in [2.24, 2.45) is 5.92 Å². The van der Waals surface area contributed by atoms with E-state index in [1.807, 2.05) is 0 Å². The number of nitrogens with one attached hydrogen (secondary N) is 1. The number of hydrogen-bond donors (Lipinski definition) is 1. The fraction of sp³-hybridized carbons (Fsp3) is 0.667. The summed E-state index contributed by atoms with van der Waals surface area (Å²) in [5.74, 6) is 1.01. The van der Waals surface area contributed by atoms with Crippen LogP contribution in [0.3, 0.4) is 0 Å². The largest absolute Gasteiger partial charge is 0.342 e. The van der Waals surface area contributed by atoms with E-state index < -0.39 is 6.04 Å². The van der Waals surface area contributed by atoms with Gasteiger partial charge in [-0.15, -0.1) is 0 Å². The molecule has 0 spiro atoms. The van der Waals surface area contributed by atoms with Gasteiger partial charge < -0.3 is 14.7 Å². The Morgan fingerprint density at radius 1 is 1.42 bits per heavy atom. The Morgan fingerprint density at radius 3 is 2.74 bits per heavy atom. The molecule has 2 aliphatic rings. The van der Waals surface area contributed by atoms with E-state index in [1.165, 1.54) is 4.90 Å². The molecule has 2 fully saturated rings. The smallest absolute Gasteiger partial charge is 0.246 e. The summed E-state index contributed by atoms with van der Waals surface area (Å²) in [5.41, 5.74) is 0. The maximum Gasteiger partial charge on any atom is 0.246 e. The molecule has 1 aliphatic heterocycles. The number of nitrogens with zero attached hydrogens (tertiary/aromatic N) is 3. The molecule has 1 saturated heterocycles. The molecule has 0 radical (unpaired) electrons. The van der Waals surface area contributed by atoms with E-state index in [-0.39, 0.29) is 30.3 Å². The number of rotatable bonds is 3. The molecule has 1 aromatic heterocycles. The van der Waals surface area contributed by atoms with Crippen molar-refractivity contribution in [1.29, 1.82) is 0 Å². The second-order valence-corrected chi connectivity index (χ2v) is 5.20. The van der Waals surface area contributed by atoms with E-state index in [0.29, 0.717) is 11.7 Å². The van der Waals surface area contributed by atoms with Crippen LogP contribution >= 0.6 is 0 Å². The third kappa shape index (κ3) is 2.20. The second-order valence-electron chi connectivity index (χ2n) is 5.20. The van der Waals surface area contributed by atoms with Gasteiger partial charge in [0.25, 0.3) is 0 Å². The van der Waals surface area contributed by atoms with E-state index >= 15 is 0 Å². The molecule has 2 atom stereocenters. The van der Waals surface area contributed by atoms with Crippen LogP contribution in [0.15, 0.2) is 4.52 Å². The van der Waals surface area contributed by atoms with Crippen LogP contribution in [0.1, 0.15) is 31.5 Å². The average molecular weight is 264 g/mol. The van der Waals surface area contributed by atoms with E-state index in [2.05, 4.69) is 15.5 Å². The second kappa shape index (κ2) is 4.32. The van der Waals surface area contributed by atoms with Gasteiger partial charge >= 0.3 is 0 Å². The number of aromatic nitrogens is 2. The molecule has 2 unspecified atom stereocenters. The highest BCUT2D eigenvalue weighted by Crippen LogP contribution is 2.35. The number of hydrogen-bond acceptors (Lipinski definition) is 5. The Bertz CT molecular complexity index is 523. The summed E-state index contributed by atoms with van der Waals surface area (Å²) in [4.78, 5) is 29.9. The summed E-state index contributed by atoms with van der Waals surface area (Å²) in [6.07, 6.45) is 2.00. The molecule has 2 amide bonds. The fourth-order valence-corrected chi connectivity index (χ4v) is 2.36. The molecule has 7 heteroatoms. The van der Waals surface area contributed by atoms with E-state index in [0.717, 1.165) is 12.8 Å². The van der Waals surface area contributed by atoms with E-state index in [4.69, 9.17) is 4.52 Å². The van der Waals surface area contributed by atoms with Crippen LogP contribution in [0.5, 0.6) is 0 Å². The van der Waals surface area contributed by atoms with Crippen molar-refractivity contribution in [2.45, 2.75) is 45.3 Å². The van der Waals surface area contributed by atoms with Gasteiger partial charge in [0.2, 0.25) is 17.7 Å². The minimum atomic E-state index is -0.505. The van der Waals surface area contributed by atoms with Crippen molar-refractivity contribution < 1.29 is 14.1 Å². The SMILES string of the molecule is Cc1noc(CN2C(=O)C(C3CC3)NC(=O)C2C)n1. The number of carbonyl (C=O) groups excluding carboxylic acids is 2. The van der Waals surface area contributed by atoms with Gasteiger partial charge in [-0.1, -0.05) is 5.16 Å². The Hall–Kier alpha value is -1.92. The Morgan fingerprint density at radius 2 is 2.16 bits per heavy atom. The molecule has 7 nitrogen and oxygen atoms in total. The molecule has 0 aromatic carbocycles. The normalized spacial score (nSPS) is 27.6. The van der Waals surface area contributed by atoms with Gasteiger partial charge in [0.05, 0.1) is 0 Å². The zero-order valence-corrected chi connectivity index (χ0v) is 10.9. The molecular weight excluding hydrogens is 248 g/mol. The fourth-order valence-electron chi connectivity index (χ4n) is 2.36. The summed E-state index contributed by atoms with van der Waals surface area (Å²) in [7, 11) is 0. The molecule has 2 heterocycles. The van der Waals surface area contributed by atoms with Gasteiger partial charge in [0, 0.05) is 0 Å². The summed E-state index contributed by atoms with van der Waals surface area (Å²) >= 11 is 0. The number of piperazine rings is 1. The van der Waals surface area contributed by atoms with Crippen LogP contribution in [-0.2, 0) is 16.1 Å². The lowest BCUT2D eigenvalue weighted by atomic mass is 10.0. The monoisotopic (exact) mass is 264 g/mol. The summed E-state index contributed by atoms with van der Waals surface area (Å²) in [6, 6.07) is -0.887. The number of amides is 2. The Balaban J connectivity index is 1.80. The van der Waals surface area contributed by atoms with Crippen molar-refractivity contribution in [1.82, 2.24) is 20.4 Å². The number of aryl methyl sites for hydroxylation is 1. The lowest BCUT2D eigenvalue weighted by Crippen LogP contribution is -2.62. The molecule has 19 heavy (non-hydrogen) atoms. The van der Waals surface area contributed by atoms with Crippen molar-refractivity contribution in [3.8, 4) is 0 Å². The zero-order valence-electron chi connectivity index (χ0n) is 10.9. The third-order valence-electron chi connectivity index (χ3n) is 3.66. The standard InChI is InChI=1S/C12H16N4O3/c1-6-11(17)14-10(8-3-4-8)12(18)16(6)5-9-13-7(2)15-19-9/h6,8,10H,3-5H2,1-2H3,(H,14,17). The van der Waals surface area contributed by atoms with Gasteiger partial charge in [0.15, 0.2) is 5.82 Å². The Labute approximate surface area is 110 Å². The molecule has 1 aliphatic carbocycles. The minimum absolute atomic E-state index is 0.0505. The molecular formula is C12H16N4O3. The first kappa shape index (κ1) is 12.1. The van der Waals surface area contributed by atoms with Gasteiger partial charge in [0.1, 0.15) is 18.6 Å². The minimum Gasteiger partial charge on any atom is -0.342 e. The zero-order chi connectivity index (χ0) is 13.6. The van der Waals surface area contributed by atoms with Crippen LogP contribution in [0.4, 0.5) is 0 Å². The molecule has 0 bridgehead atoms. The first-order valence-electron chi connectivity index (χ1n) is 6.46. The summed E-state index contributed by atoms with van der Waals surface area (Å²) < 4.78 is 5.02. The molecule has 3 rings (SSSR count). The van der Waals surface area contributed by atoms with Gasteiger partial charge in [-0.3, -0.25) is 9.59 Å². The maximum atomic E-state index is 12.4. The van der Waals surface area contributed by atoms with Crippen LogP contribution in [0.2, 0.25) is 0 Å². The highest BCUT2D eigenvalue weighted by Gasteiger charge is 2.45. The predicted octanol–water partition coefficient (Wildman–Crippen LogP) is 0.00352. The summed E-state index contributed by atoms with van der Waals surface area (Å²) in [6.45, 7) is 3.62. The van der Waals surface area contributed by atoms with Crippen molar-refractivity contribution >= 4 is 11.8 Å². The van der Waals surface area contributed by atoms with Gasteiger partial charge in [-0.05, 0) is 32.6 Å².